The van der Waals surface area contributed by atoms with Crippen LogP contribution in [-0.2, 0) is 9.59 Å². The summed E-state index contributed by atoms with van der Waals surface area (Å²) in [4.78, 5) is 42.7. The molecule has 33 heavy (non-hydrogen) atoms. The van der Waals surface area contributed by atoms with E-state index in [1.54, 1.807) is 42.5 Å². The maximum atomic E-state index is 13.5. The monoisotopic (exact) mass is 440 g/mol. The van der Waals surface area contributed by atoms with Crippen LogP contribution in [0.3, 0.4) is 0 Å². The van der Waals surface area contributed by atoms with Crippen molar-refractivity contribution in [3.8, 4) is 11.5 Å². The predicted octanol–water partition coefficient (Wildman–Crippen LogP) is 4.62. The molecule has 5 rings (SSSR count). The molecule has 0 aliphatic carbocycles. The Kier molecular flexibility index (Phi) is 4.94. The number of fused-ring (bicyclic) bond motifs is 1. The van der Waals surface area contributed by atoms with E-state index in [0.717, 1.165) is 20.9 Å². The van der Waals surface area contributed by atoms with Crippen LogP contribution >= 0.6 is 0 Å². The second kappa shape index (κ2) is 7.94. The molecule has 1 saturated heterocycles. The number of ether oxygens (including phenoxy) is 2. The van der Waals surface area contributed by atoms with Gasteiger partial charge in [-0.1, -0.05) is 42.5 Å². The molecule has 0 bridgehead atoms. The van der Waals surface area contributed by atoms with E-state index in [-0.39, 0.29) is 12.4 Å². The molecule has 0 aromatic heterocycles. The highest BCUT2D eigenvalue weighted by Crippen LogP contribution is 2.35. The molecule has 0 radical (unpaired) electrons. The predicted molar refractivity (Wildman–Crippen MR) is 123 cm³/mol. The van der Waals surface area contributed by atoms with Crippen molar-refractivity contribution >= 4 is 35.3 Å². The summed E-state index contributed by atoms with van der Waals surface area (Å²) in [7, 11) is 0. The molecule has 164 valence electrons. The van der Waals surface area contributed by atoms with Gasteiger partial charge in [-0.05, 0) is 60.9 Å². The molecule has 0 saturated carbocycles. The Hall–Kier alpha value is -4.39. The lowest BCUT2D eigenvalue weighted by Crippen LogP contribution is -2.57. The quantitative estimate of drug-likeness (QED) is 0.439. The molecule has 0 atom stereocenters. The van der Waals surface area contributed by atoms with Crippen molar-refractivity contribution in [2.24, 2.45) is 0 Å². The Morgan fingerprint density at radius 2 is 1.27 bits per heavy atom. The topological polar surface area (TPSA) is 76.2 Å². The number of aryl methyl sites for hydroxylation is 2. The third kappa shape index (κ3) is 3.43. The number of nitrogens with zero attached hydrogens (tertiary/aromatic N) is 2. The average molecular weight is 440 g/mol. The largest absolute Gasteiger partial charge is 0.454 e. The second-order valence-electron chi connectivity index (χ2n) is 7.81. The molecular formula is C26H20N2O5. The highest BCUT2D eigenvalue weighted by atomic mass is 16.7. The average Bonchev–Trinajstić information content (AvgIpc) is 3.27. The van der Waals surface area contributed by atoms with E-state index in [9.17, 15) is 14.4 Å². The fraction of sp³-hybridized carbons (Fsp3) is 0.115. The molecule has 1 fully saturated rings. The molecule has 0 spiro atoms. The van der Waals surface area contributed by atoms with Crippen molar-refractivity contribution in [2.75, 3.05) is 16.6 Å². The fourth-order valence-electron chi connectivity index (χ4n) is 3.95. The number of hydrogen-bond acceptors (Lipinski definition) is 5. The van der Waals surface area contributed by atoms with E-state index in [1.807, 2.05) is 38.1 Å². The number of rotatable bonds is 3. The molecule has 4 amide bonds. The lowest BCUT2D eigenvalue weighted by molar-refractivity contribution is -0.121. The number of carbonyl (C=O) groups is 3. The van der Waals surface area contributed by atoms with Gasteiger partial charge in [-0.2, -0.15) is 0 Å². The highest BCUT2D eigenvalue weighted by Gasteiger charge is 2.44. The molecule has 0 N–H and O–H groups in total. The van der Waals surface area contributed by atoms with Gasteiger partial charge >= 0.3 is 6.03 Å². The number of barbiturate groups is 1. The second-order valence-corrected chi connectivity index (χ2v) is 7.81. The number of urea groups is 1. The maximum absolute atomic E-state index is 13.5. The SMILES string of the molecule is Cc1ccccc1N1C(=O)C(=Cc2ccc3c(c2)OCO3)C(=O)N(c2ccccc2C)C1=O. The molecular weight excluding hydrogens is 420 g/mol. The Morgan fingerprint density at radius 3 is 1.85 bits per heavy atom. The molecule has 7 heteroatoms. The number of carbonyl (C=O) groups excluding carboxylic acids is 3. The first kappa shape index (κ1) is 20.5. The first-order valence-electron chi connectivity index (χ1n) is 10.4. The highest BCUT2D eigenvalue weighted by molar-refractivity contribution is 6.46. The summed E-state index contributed by atoms with van der Waals surface area (Å²) in [6.07, 6.45) is 1.48. The molecule has 3 aromatic rings. The molecule has 2 aliphatic rings. The summed E-state index contributed by atoms with van der Waals surface area (Å²) in [5.41, 5.74) is 2.78. The van der Waals surface area contributed by atoms with Crippen LogP contribution in [0.25, 0.3) is 6.08 Å². The van der Waals surface area contributed by atoms with Gasteiger partial charge in [0.05, 0.1) is 11.4 Å². The van der Waals surface area contributed by atoms with Gasteiger partial charge in [0.2, 0.25) is 6.79 Å². The van der Waals surface area contributed by atoms with Gasteiger partial charge in [0.25, 0.3) is 11.8 Å². The normalized spacial score (nSPS) is 15.3. The van der Waals surface area contributed by atoms with Crippen molar-refractivity contribution in [1.29, 1.82) is 0 Å². The van der Waals surface area contributed by atoms with E-state index >= 15 is 0 Å². The summed E-state index contributed by atoms with van der Waals surface area (Å²) in [5.74, 6) is -0.233. The number of para-hydroxylation sites is 2. The van der Waals surface area contributed by atoms with Crippen LogP contribution in [0.15, 0.2) is 72.3 Å². The molecule has 3 aromatic carbocycles. The summed E-state index contributed by atoms with van der Waals surface area (Å²) in [5, 5.41) is 0. The van der Waals surface area contributed by atoms with Crippen molar-refractivity contribution in [1.82, 2.24) is 0 Å². The van der Waals surface area contributed by atoms with Gasteiger partial charge in [0, 0.05) is 0 Å². The number of anilines is 2. The van der Waals surface area contributed by atoms with Crippen LogP contribution in [0.4, 0.5) is 16.2 Å². The van der Waals surface area contributed by atoms with Gasteiger partial charge in [-0.15, -0.1) is 0 Å². The fourth-order valence-corrected chi connectivity index (χ4v) is 3.95. The van der Waals surface area contributed by atoms with E-state index in [1.165, 1.54) is 6.08 Å². The summed E-state index contributed by atoms with van der Waals surface area (Å²) in [6.45, 7) is 3.74. The summed E-state index contributed by atoms with van der Waals surface area (Å²) < 4.78 is 10.8. The number of hydrogen-bond donors (Lipinski definition) is 0. The molecule has 2 heterocycles. The Morgan fingerprint density at radius 1 is 0.727 bits per heavy atom. The van der Waals surface area contributed by atoms with E-state index in [0.29, 0.717) is 28.4 Å². The van der Waals surface area contributed by atoms with Crippen molar-refractivity contribution < 1.29 is 23.9 Å². The van der Waals surface area contributed by atoms with E-state index in [2.05, 4.69) is 0 Å². The first-order valence-corrected chi connectivity index (χ1v) is 10.4. The number of benzene rings is 3. The van der Waals surface area contributed by atoms with Crippen LogP contribution in [0.5, 0.6) is 11.5 Å². The Labute approximate surface area is 190 Å². The van der Waals surface area contributed by atoms with Crippen molar-refractivity contribution in [2.45, 2.75) is 13.8 Å². The van der Waals surface area contributed by atoms with Gasteiger partial charge in [0.1, 0.15) is 5.57 Å². The van der Waals surface area contributed by atoms with Crippen LogP contribution in [-0.4, -0.2) is 24.6 Å². The zero-order valence-electron chi connectivity index (χ0n) is 18.1. The third-order valence-electron chi connectivity index (χ3n) is 5.67. The molecule has 2 aliphatic heterocycles. The van der Waals surface area contributed by atoms with Crippen LogP contribution in [0, 0.1) is 13.8 Å². The van der Waals surface area contributed by atoms with Crippen LogP contribution in [0.1, 0.15) is 16.7 Å². The van der Waals surface area contributed by atoms with Gasteiger partial charge in [-0.25, -0.2) is 14.6 Å². The number of amides is 4. The van der Waals surface area contributed by atoms with Gasteiger partial charge in [0.15, 0.2) is 11.5 Å². The maximum Gasteiger partial charge on any atom is 0.343 e. The van der Waals surface area contributed by atoms with Crippen LogP contribution < -0.4 is 19.3 Å². The lowest BCUT2D eigenvalue weighted by atomic mass is 10.0. The van der Waals surface area contributed by atoms with Gasteiger partial charge in [-0.3, -0.25) is 9.59 Å². The smallest absolute Gasteiger partial charge is 0.343 e. The first-order chi connectivity index (χ1) is 16.0. The summed E-state index contributed by atoms with van der Waals surface area (Å²) in [6, 6.07) is 18.6. The van der Waals surface area contributed by atoms with Crippen molar-refractivity contribution in [3.05, 3.63) is 89.0 Å². The third-order valence-corrected chi connectivity index (χ3v) is 5.67. The molecule has 7 nitrogen and oxygen atoms in total. The lowest BCUT2D eigenvalue weighted by Gasteiger charge is -2.35. The minimum Gasteiger partial charge on any atom is -0.454 e. The zero-order chi connectivity index (χ0) is 23.1. The minimum absolute atomic E-state index is 0.115. The molecule has 0 unspecified atom stereocenters. The summed E-state index contributed by atoms with van der Waals surface area (Å²) >= 11 is 0. The van der Waals surface area contributed by atoms with Crippen molar-refractivity contribution in [3.63, 3.8) is 0 Å². The van der Waals surface area contributed by atoms with E-state index < -0.39 is 17.8 Å². The van der Waals surface area contributed by atoms with E-state index in [4.69, 9.17) is 9.47 Å². The Bertz CT molecular complexity index is 1270. The zero-order valence-corrected chi connectivity index (χ0v) is 18.1. The van der Waals surface area contributed by atoms with Gasteiger partial charge < -0.3 is 9.47 Å². The number of imide groups is 2. The minimum atomic E-state index is -0.712. The standard InChI is InChI=1S/C26H20N2O5/c1-16-7-3-5-9-20(16)27-24(29)19(13-18-11-12-22-23(14-18)33-15-32-22)25(30)28(26(27)31)21-10-6-4-8-17(21)2/h3-14H,15H2,1-2H3. The van der Waals surface area contributed by atoms with Crippen LogP contribution in [0.2, 0.25) is 0 Å². The Balaban J connectivity index is 1.67.